The fourth-order valence-corrected chi connectivity index (χ4v) is 5.90. The minimum Gasteiger partial charge on any atom is -0.361 e. The van der Waals surface area contributed by atoms with Crippen LogP contribution >= 0.6 is 11.6 Å². The second kappa shape index (κ2) is 10.6. The number of carbonyl (C=O) groups excluding carboxylic acids is 2. The predicted molar refractivity (Wildman–Crippen MR) is 138 cm³/mol. The van der Waals surface area contributed by atoms with Crippen LogP contribution in [0, 0.1) is 31.5 Å². The minimum absolute atomic E-state index is 0.0410. The van der Waals surface area contributed by atoms with Gasteiger partial charge in [0.2, 0.25) is 0 Å². The van der Waals surface area contributed by atoms with E-state index in [2.05, 4.69) is 15.4 Å². The summed E-state index contributed by atoms with van der Waals surface area (Å²) in [6, 6.07) is 14.1. The zero-order valence-corrected chi connectivity index (χ0v) is 21.7. The van der Waals surface area contributed by atoms with Gasteiger partial charge < -0.3 is 19.6 Å². The molecule has 0 radical (unpaired) electrons. The Morgan fingerprint density at radius 1 is 1.05 bits per heavy atom. The summed E-state index contributed by atoms with van der Waals surface area (Å²) in [7, 11) is 0. The molecule has 2 amide bonds. The summed E-state index contributed by atoms with van der Waals surface area (Å²) in [5, 5.41) is 7.23. The summed E-state index contributed by atoms with van der Waals surface area (Å²) in [5.74, 6) is 0.0643. The van der Waals surface area contributed by atoms with Crippen LogP contribution in [0.2, 0.25) is 5.02 Å². The zero-order valence-electron chi connectivity index (χ0n) is 20.9. The molecule has 2 aromatic carbocycles. The number of likely N-dealkylation sites (tertiary alicyclic amines) is 2. The number of amides is 2. The fraction of sp³-hybridized carbons (Fsp3) is 0.393. The highest BCUT2D eigenvalue weighted by Gasteiger charge is 2.42. The topological polar surface area (TPSA) is 78.7 Å². The Morgan fingerprint density at radius 3 is 2.38 bits per heavy atom. The Kier molecular flexibility index (Phi) is 7.31. The van der Waals surface area contributed by atoms with Crippen molar-refractivity contribution in [1.82, 2.24) is 20.3 Å². The summed E-state index contributed by atoms with van der Waals surface area (Å²) < 4.78 is 19.4. The number of nitrogens with zero attached hydrogens (tertiary/aromatic N) is 3. The molecule has 3 atom stereocenters. The van der Waals surface area contributed by atoms with Crippen LogP contribution in [0.4, 0.5) is 4.39 Å². The van der Waals surface area contributed by atoms with E-state index in [0.717, 1.165) is 31.6 Å². The van der Waals surface area contributed by atoms with Gasteiger partial charge >= 0.3 is 0 Å². The van der Waals surface area contributed by atoms with Gasteiger partial charge in [-0.25, -0.2) is 4.39 Å². The first-order valence-electron chi connectivity index (χ1n) is 12.6. The van der Waals surface area contributed by atoms with Crippen LogP contribution in [0.15, 0.2) is 53.1 Å². The Hall–Kier alpha value is -3.23. The van der Waals surface area contributed by atoms with Crippen molar-refractivity contribution in [3.05, 3.63) is 87.5 Å². The normalized spacial score (nSPS) is 20.2. The molecule has 194 valence electrons. The van der Waals surface area contributed by atoms with Crippen LogP contribution in [0.3, 0.4) is 0 Å². The van der Waals surface area contributed by atoms with E-state index >= 15 is 0 Å². The molecule has 2 aliphatic heterocycles. The van der Waals surface area contributed by atoms with Crippen molar-refractivity contribution < 1.29 is 18.5 Å². The van der Waals surface area contributed by atoms with Crippen LogP contribution < -0.4 is 5.32 Å². The summed E-state index contributed by atoms with van der Waals surface area (Å²) in [4.78, 5) is 30.1. The Morgan fingerprint density at radius 2 is 1.76 bits per heavy atom. The van der Waals surface area contributed by atoms with Gasteiger partial charge in [0.1, 0.15) is 17.1 Å². The highest BCUT2D eigenvalue weighted by atomic mass is 35.5. The first kappa shape index (κ1) is 25.4. The molecule has 2 aliphatic rings. The van der Waals surface area contributed by atoms with Gasteiger partial charge in [0.05, 0.1) is 22.3 Å². The van der Waals surface area contributed by atoms with Crippen molar-refractivity contribution >= 4 is 23.4 Å². The van der Waals surface area contributed by atoms with E-state index < -0.39 is 5.82 Å². The van der Waals surface area contributed by atoms with Crippen LogP contribution in [0.1, 0.15) is 50.2 Å². The van der Waals surface area contributed by atoms with E-state index in [9.17, 15) is 14.0 Å². The number of rotatable bonds is 7. The summed E-state index contributed by atoms with van der Waals surface area (Å²) >= 11 is 6.12. The van der Waals surface area contributed by atoms with E-state index in [-0.39, 0.29) is 28.4 Å². The number of hydrogen-bond donors (Lipinski definition) is 1. The molecule has 2 fully saturated rings. The van der Waals surface area contributed by atoms with Gasteiger partial charge in [0.25, 0.3) is 11.8 Å². The maximum atomic E-state index is 14.3. The Bertz CT molecular complexity index is 1240. The van der Waals surface area contributed by atoms with Gasteiger partial charge in [-0.3, -0.25) is 9.59 Å². The average molecular weight is 525 g/mol. The molecule has 5 rings (SSSR count). The second-order valence-corrected chi connectivity index (χ2v) is 10.4. The third-order valence-corrected chi connectivity index (χ3v) is 7.84. The molecule has 9 heteroatoms. The zero-order chi connectivity index (χ0) is 26.1. The van der Waals surface area contributed by atoms with Gasteiger partial charge in [0.15, 0.2) is 0 Å². The van der Waals surface area contributed by atoms with Crippen molar-refractivity contribution in [2.75, 3.05) is 32.7 Å². The first-order valence-corrected chi connectivity index (χ1v) is 12.9. The molecule has 37 heavy (non-hydrogen) atoms. The van der Waals surface area contributed by atoms with Crippen LogP contribution in [0.5, 0.6) is 0 Å². The fourth-order valence-electron chi connectivity index (χ4n) is 5.66. The molecule has 2 unspecified atom stereocenters. The van der Waals surface area contributed by atoms with E-state index in [1.807, 2.05) is 30.3 Å². The Balaban J connectivity index is 1.20. The smallest absolute Gasteiger partial charge is 0.258 e. The molecule has 2 saturated heterocycles. The van der Waals surface area contributed by atoms with E-state index in [1.165, 1.54) is 12.1 Å². The van der Waals surface area contributed by atoms with Crippen molar-refractivity contribution in [3.63, 3.8) is 0 Å². The quantitative estimate of drug-likeness (QED) is 0.487. The molecular weight excluding hydrogens is 495 g/mol. The monoisotopic (exact) mass is 524 g/mol. The highest BCUT2D eigenvalue weighted by molar-refractivity contribution is 6.33. The standard InChI is InChI=1S/C28H30ClFN4O3/c1-17-25(18(2)37-32-17)27(35)31-24(19-7-4-3-5-8-19)11-12-33-13-20-15-34(16-21(20)14-33)28(36)26-22(29)9-6-10-23(26)30/h3-10,20-21,24H,11-16H2,1-2H3,(H,31,35)/t20?,21?,24-/m0/s1. The molecule has 0 spiro atoms. The summed E-state index contributed by atoms with van der Waals surface area (Å²) in [6.45, 7) is 7.22. The molecule has 0 bridgehead atoms. The average Bonchev–Trinajstić information content (AvgIpc) is 3.55. The lowest BCUT2D eigenvalue weighted by Crippen LogP contribution is -2.35. The number of fused-ring (bicyclic) bond motifs is 1. The van der Waals surface area contributed by atoms with Crippen molar-refractivity contribution in [2.45, 2.75) is 26.3 Å². The molecule has 7 nitrogen and oxygen atoms in total. The van der Waals surface area contributed by atoms with E-state index in [4.69, 9.17) is 16.1 Å². The lowest BCUT2D eigenvalue weighted by molar-refractivity contribution is 0.0769. The number of benzene rings is 2. The van der Waals surface area contributed by atoms with Crippen molar-refractivity contribution in [3.8, 4) is 0 Å². The molecular formula is C28H30ClFN4O3. The predicted octanol–water partition coefficient (Wildman–Crippen LogP) is 4.65. The van der Waals surface area contributed by atoms with Gasteiger partial charge in [-0.15, -0.1) is 0 Å². The van der Waals surface area contributed by atoms with Gasteiger partial charge in [0, 0.05) is 32.7 Å². The van der Waals surface area contributed by atoms with Crippen LogP contribution in [-0.4, -0.2) is 59.5 Å². The maximum Gasteiger partial charge on any atom is 0.258 e. The number of halogens is 2. The van der Waals surface area contributed by atoms with Gasteiger partial charge in [-0.05, 0) is 49.8 Å². The summed E-state index contributed by atoms with van der Waals surface area (Å²) in [6.07, 6.45) is 0.742. The van der Waals surface area contributed by atoms with Crippen LogP contribution in [-0.2, 0) is 0 Å². The molecule has 1 aromatic heterocycles. The van der Waals surface area contributed by atoms with Crippen molar-refractivity contribution in [1.29, 1.82) is 0 Å². The molecule has 1 N–H and O–H groups in total. The van der Waals surface area contributed by atoms with Crippen LogP contribution in [0.25, 0.3) is 0 Å². The molecule has 3 heterocycles. The van der Waals surface area contributed by atoms with E-state index in [0.29, 0.717) is 41.9 Å². The third kappa shape index (κ3) is 5.26. The second-order valence-electron chi connectivity index (χ2n) is 10.0. The van der Waals surface area contributed by atoms with Gasteiger partial charge in [-0.2, -0.15) is 0 Å². The number of nitrogens with one attached hydrogen (secondary N) is 1. The molecule has 0 aliphatic carbocycles. The number of hydrogen-bond acceptors (Lipinski definition) is 5. The minimum atomic E-state index is -0.582. The Labute approximate surface area is 220 Å². The van der Waals surface area contributed by atoms with E-state index in [1.54, 1.807) is 24.8 Å². The number of aromatic nitrogens is 1. The third-order valence-electron chi connectivity index (χ3n) is 7.53. The van der Waals surface area contributed by atoms with Gasteiger partial charge in [-0.1, -0.05) is 53.2 Å². The lowest BCUT2D eigenvalue weighted by atomic mass is 10.0. The SMILES string of the molecule is Cc1noc(C)c1C(=O)N[C@@H](CCN1CC2CN(C(=O)c3c(F)cccc3Cl)CC2C1)c1ccccc1. The number of aryl methyl sites for hydroxylation is 2. The largest absolute Gasteiger partial charge is 0.361 e. The molecule has 0 saturated carbocycles. The van der Waals surface area contributed by atoms with Crippen molar-refractivity contribution in [2.24, 2.45) is 11.8 Å². The first-order chi connectivity index (χ1) is 17.8. The lowest BCUT2D eigenvalue weighted by Gasteiger charge is -2.25. The highest BCUT2D eigenvalue weighted by Crippen LogP contribution is 2.34. The number of carbonyl (C=O) groups is 2. The molecule has 3 aromatic rings. The maximum absolute atomic E-state index is 14.3. The summed E-state index contributed by atoms with van der Waals surface area (Å²) in [5.41, 5.74) is 2.06.